The Labute approximate surface area is 182 Å². The zero-order chi connectivity index (χ0) is 21.8. The van der Waals surface area contributed by atoms with Gasteiger partial charge in [0.25, 0.3) is 0 Å². The molecule has 2 amide bonds. The van der Waals surface area contributed by atoms with Gasteiger partial charge < -0.3 is 30.0 Å². The van der Waals surface area contributed by atoms with Crippen LogP contribution in [0.2, 0.25) is 0 Å². The van der Waals surface area contributed by atoms with E-state index in [0.717, 1.165) is 5.56 Å². The summed E-state index contributed by atoms with van der Waals surface area (Å²) < 4.78 is 16.2. The van der Waals surface area contributed by atoms with Crippen molar-refractivity contribution in [1.29, 1.82) is 0 Å². The van der Waals surface area contributed by atoms with Crippen molar-refractivity contribution in [2.45, 2.75) is 19.6 Å². The first-order chi connectivity index (χ1) is 14.3. The third-order valence-electron chi connectivity index (χ3n) is 4.62. The highest BCUT2D eigenvalue weighted by Crippen LogP contribution is 2.39. The smallest absolute Gasteiger partial charge is 0.338 e. The molecule has 8 nitrogen and oxygen atoms in total. The highest BCUT2D eigenvalue weighted by molar-refractivity contribution is 9.10. The second-order valence-corrected chi connectivity index (χ2v) is 7.40. The number of carbonyl (C=O) groups is 2. The predicted octanol–water partition coefficient (Wildman–Crippen LogP) is 3.54. The minimum absolute atomic E-state index is 0.0584. The fraction of sp³-hybridized carbons (Fsp3) is 0.238. The van der Waals surface area contributed by atoms with Crippen LogP contribution in [-0.2, 0) is 16.1 Å². The topological polar surface area (TPSA) is 106 Å². The first kappa shape index (κ1) is 21.5. The lowest BCUT2D eigenvalue weighted by Crippen LogP contribution is -2.45. The maximum Gasteiger partial charge on any atom is 0.338 e. The van der Waals surface area contributed by atoms with Crippen LogP contribution < -0.4 is 20.1 Å². The van der Waals surface area contributed by atoms with E-state index in [-0.39, 0.29) is 23.7 Å². The molecular weight excluding hydrogens is 456 g/mol. The average Bonchev–Trinajstić information content (AvgIpc) is 2.73. The zero-order valence-electron chi connectivity index (χ0n) is 16.6. The molecule has 0 fully saturated rings. The summed E-state index contributed by atoms with van der Waals surface area (Å²) in [5, 5.41) is 15.4. The van der Waals surface area contributed by atoms with Crippen molar-refractivity contribution in [3.8, 4) is 17.2 Å². The number of allylic oxidation sites excluding steroid dienone is 1. The van der Waals surface area contributed by atoms with E-state index in [0.29, 0.717) is 21.5 Å². The van der Waals surface area contributed by atoms with Crippen LogP contribution in [0.25, 0.3) is 0 Å². The number of amides is 2. The molecule has 158 valence electrons. The van der Waals surface area contributed by atoms with Crippen molar-refractivity contribution < 1.29 is 28.9 Å². The first-order valence-corrected chi connectivity index (χ1v) is 9.78. The number of methoxy groups -OCH3 is 2. The maximum absolute atomic E-state index is 12.9. The first-order valence-electron chi connectivity index (χ1n) is 8.98. The van der Waals surface area contributed by atoms with Crippen LogP contribution in [0.4, 0.5) is 4.79 Å². The van der Waals surface area contributed by atoms with E-state index in [1.807, 2.05) is 0 Å². The van der Waals surface area contributed by atoms with Gasteiger partial charge in [0.1, 0.15) is 12.4 Å². The molecule has 2 aromatic rings. The summed E-state index contributed by atoms with van der Waals surface area (Å²) in [6.07, 6.45) is 0. The zero-order valence-corrected chi connectivity index (χ0v) is 18.2. The molecule has 1 atom stereocenters. The van der Waals surface area contributed by atoms with Gasteiger partial charge >= 0.3 is 12.0 Å². The van der Waals surface area contributed by atoms with Crippen LogP contribution in [0.15, 0.2) is 52.1 Å². The molecule has 0 spiro atoms. The molecule has 1 heterocycles. The lowest BCUT2D eigenvalue weighted by molar-refractivity contribution is -0.140. The second-order valence-electron chi connectivity index (χ2n) is 6.55. The molecule has 0 saturated heterocycles. The van der Waals surface area contributed by atoms with Crippen LogP contribution in [0, 0.1) is 0 Å². The molecule has 30 heavy (non-hydrogen) atoms. The van der Waals surface area contributed by atoms with Gasteiger partial charge in [-0.2, -0.15) is 0 Å². The van der Waals surface area contributed by atoms with Gasteiger partial charge in [-0.1, -0.05) is 12.1 Å². The number of rotatable bonds is 6. The SMILES string of the molecule is COc1ccc(COC(=O)C2=C(C)NC(=O)NC2c2cc(Br)c(O)c(OC)c2)cc1. The Hall–Kier alpha value is -3.20. The largest absolute Gasteiger partial charge is 0.503 e. The number of hydrogen-bond acceptors (Lipinski definition) is 6. The van der Waals surface area contributed by atoms with E-state index >= 15 is 0 Å². The lowest BCUT2D eigenvalue weighted by Gasteiger charge is -2.28. The van der Waals surface area contributed by atoms with E-state index in [1.165, 1.54) is 7.11 Å². The summed E-state index contributed by atoms with van der Waals surface area (Å²) in [5.41, 5.74) is 1.97. The molecule has 0 aromatic heterocycles. The average molecular weight is 477 g/mol. The number of ether oxygens (including phenoxy) is 3. The van der Waals surface area contributed by atoms with Crippen molar-refractivity contribution in [2.24, 2.45) is 0 Å². The fourth-order valence-corrected chi connectivity index (χ4v) is 3.54. The van der Waals surface area contributed by atoms with Gasteiger partial charge in [0.05, 0.1) is 30.3 Å². The number of phenolic OH excluding ortho intramolecular Hbond substituents is 1. The summed E-state index contributed by atoms with van der Waals surface area (Å²) >= 11 is 3.26. The van der Waals surface area contributed by atoms with Gasteiger partial charge in [0.15, 0.2) is 11.5 Å². The van der Waals surface area contributed by atoms with Gasteiger partial charge in [0, 0.05) is 5.70 Å². The van der Waals surface area contributed by atoms with E-state index in [9.17, 15) is 14.7 Å². The maximum atomic E-state index is 12.9. The predicted molar refractivity (Wildman–Crippen MR) is 112 cm³/mol. The standard InChI is InChI=1S/C21H21BrN2O6/c1-11-17(20(26)30-10-12-4-6-14(28-2)7-5-12)18(24-21(27)23-11)13-8-15(22)19(25)16(9-13)29-3/h4-9,18,25H,10H2,1-3H3,(H2,23,24,27). The quantitative estimate of drug-likeness (QED) is 0.550. The molecule has 0 bridgehead atoms. The molecule has 9 heteroatoms. The Balaban J connectivity index is 1.87. The molecule has 1 unspecified atom stereocenters. The molecule has 1 aliphatic heterocycles. The molecular formula is C21H21BrN2O6. The van der Waals surface area contributed by atoms with Gasteiger partial charge in [-0.15, -0.1) is 0 Å². The van der Waals surface area contributed by atoms with Crippen molar-refractivity contribution >= 4 is 27.9 Å². The number of hydrogen-bond donors (Lipinski definition) is 3. The van der Waals surface area contributed by atoms with E-state index in [1.54, 1.807) is 50.4 Å². The highest BCUT2D eigenvalue weighted by atomic mass is 79.9. The third-order valence-corrected chi connectivity index (χ3v) is 5.23. The Kier molecular flexibility index (Phi) is 6.51. The Morgan fingerprint density at radius 3 is 2.50 bits per heavy atom. The third kappa shape index (κ3) is 4.51. The van der Waals surface area contributed by atoms with E-state index in [4.69, 9.17) is 14.2 Å². The summed E-state index contributed by atoms with van der Waals surface area (Å²) in [7, 11) is 2.99. The number of aromatic hydroxyl groups is 1. The normalized spacial score (nSPS) is 15.9. The van der Waals surface area contributed by atoms with Crippen molar-refractivity contribution in [3.05, 3.63) is 63.3 Å². The molecule has 0 aliphatic carbocycles. The van der Waals surface area contributed by atoms with Crippen LogP contribution in [0.3, 0.4) is 0 Å². The van der Waals surface area contributed by atoms with Crippen LogP contribution in [-0.4, -0.2) is 31.3 Å². The van der Waals surface area contributed by atoms with Gasteiger partial charge in [-0.05, 0) is 58.2 Å². The fourth-order valence-electron chi connectivity index (χ4n) is 3.08. The molecule has 3 N–H and O–H groups in total. The number of phenols is 1. The van der Waals surface area contributed by atoms with Gasteiger partial charge in [0.2, 0.25) is 0 Å². The highest BCUT2D eigenvalue weighted by Gasteiger charge is 2.33. The molecule has 3 rings (SSSR count). The monoisotopic (exact) mass is 476 g/mol. The molecule has 0 saturated carbocycles. The van der Waals surface area contributed by atoms with E-state index < -0.39 is 18.0 Å². The van der Waals surface area contributed by atoms with Crippen molar-refractivity contribution in [2.75, 3.05) is 14.2 Å². The second kappa shape index (κ2) is 9.08. The van der Waals surface area contributed by atoms with Gasteiger partial charge in [-0.25, -0.2) is 9.59 Å². The van der Waals surface area contributed by atoms with Crippen LogP contribution in [0.1, 0.15) is 24.1 Å². The van der Waals surface area contributed by atoms with Crippen molar-refractivity contribution in [3.63, 3.8) is 0 Å². The summed E-state index contributed by atoms with van der Waals surface area (Å²) in [4.78, 5) is 25.0. The molecule has 0 radical (unpaired) electrons. The lowest BCUT2D eigenvalue weighted by atomic mass is 9.95. The van der Waals surface area contributed by atoms with Gasteiger partial charge in [-0.3, -0.25) is 0 Å². The van der Waals surface area contributed by atoms with E-state index in [2.05, 4.69) is 26.6 Å². The Morgan fingerprint density at radius 1 is 1.17 bits per heavy atom. The summed E-state index contributed by atoms with van der Waals surface area (Å²) in [6.45, 7) is 1.69. The number of esters is 1. The molecule has 1 aliphatic rings. The van der Waals surface area contributed by atoms with Crippen LogP contribution >= 0.6 is 15.9 Å². The Morgan fingerprint density at radius 2 is 1.87 bits per heavy atom. The number of urea groups is 1. The number of nitrogens with one attached hydrogen (secondary N) is 2. The minimum atomic E-state index is -0.784. The minimum Gasteiger partial charge on any atom is -0.503 e. The summed E-state index contributed by atoms with van der Waals surface area (Å²) in [5.74, 6) is 0.250. The molecule has 2 aromatic carbocycles. The number of carbonyl (C=O) groups excluding carboxylic acids is 2. The van der Waals surface area contributed by atoms with Crippen molar-refractivity contribution in [1.82, 2.24) is 10.6 Å². The number of benzene rings is 2. The summed E-state index contributed by atoms with van der Waals surface area (Å²) in [6, 6.07) is 9.08. The number of halogens is 1. The van der Waals surface area contributed by atoms with Crippen LogP contribution in [0.5, 0.6) is 17.2 Å². The Bertz CT molecular complexity index is 1000.